The molecule has 1 atom stereocenters. The van der Waals surface area contributed by atoms with E-state index in [4.69, 9.17) is 0 Å². The summed E-state index contributed by atoms with van der Waals surface area (Å²) in [6.45, 7) is 1.83. The van der Waals surface area contributed by atoms with E-state index in [9.17, 15) is 8.78 Å². The number of pyridine rings is 1. The second kappa shape index (κ2) is 5.44. The van der Waals surface area contributed by atoms with E-state index in [1.54, 1.807) is 12.3 Å². The highest BCUT2D eigenvalue weighted by Crippen LogP contribution is 2.25. The molecule has 2 nitrogen and oxygen atoms in total. The zero-order chi connectivity index (χ0) is 13.1. The van der Waals surface area contributed by atoms with Crippen molar-refractivity contribution in [3.8, 4) is 0 Å². The quantitative estimate of drug-likeness (QED) is 0.855. The van der Waals surface area contributed by atoms with E-state index in [1.165, 1.54) is 12.1 Å². The fourth-order valence-electron chi connectivity index (χ4n) is 1.64. The Kier molecular flexibility index (Phi) is 3.91. The van der Waals surface area contributed by atoms with E-state index in [1.807, 2.05) is 13.0 Å². The molecule has 0 spiro atoms. The summed E-state index contributed by atoms with van der Waals surface area (Å²) in [6.07, 6.45) is 1.65. The van der Waals surface area contributed by atoms with Gasteiger partial charge < -0.3 is 5.32 Å². The predicted molar refractivity (Wildman–Crippen MR) is 70.3 cm³/mol. The Morgan fingerprint density at radius 3 is 2.50 bits per heavy atom. The Balaban J connectivity index is 2.22. The largest absolute Gasteiger partial charge is 0.376 e. The Morgan fingerprint density at radius 1 is 1.22 bits per heavy atom. The molecule has 1 aromatic carbocycles. The van der Waals surface area contributed by atoms with Gasteiger partial charge in [0, 0.05) is 18.3 Å². The lowest BCUT2D eigenvalue weighted by Crippen LogP contribution is -2.08. The average Bonchev–Trinajstić information content (AvgIpc) is 2.31. The lowest BCUT2D eigenvalue weighted by molar-refractivity contribution is 0.577. The van der Waals surface area contributed by atoms with Gasteiger partial charge in [-0.15, -0.1) is 0 Å². The Bertz CT molecular complexity index is 540. The molecule has 0 fully saturated rings. The van der Waals surface area contributed by atoms with E-state index in [2.05, 4.69) is 26.2 Å². The maximum atomic E-state index is 13.1. The molecular formula is C13H11BrF2N2. The smallest absolute Gasteiger partial charge is 0.129 e. The molecule has 5 heteroatoms. The first kappa shape index (κ1) is 13.0. The third-order valence-corrected chi connectivity index (χ3v) is 3.15. The van der Waals surface area contributed by atoms with E-state index in [0.717, 1.165) is 11.8 Å². The first-order chi connectivity index (χ1) is 8.56. The summed E-state index contributed by atoms with van der Waals surface area (Å²) in [4.78, 5) is 4.07. The fraction of sp³-hybridized carbons (Fsp3) is 0.154. The Hall–Kier alpha value is -1.49. The number of aromatic nitrogens is 1. The van der Waals surface area contributed by atoms with E-state index in [0.29, 0.717) is 10.2 Å². The molecule has 0 aliphatic heterocycles. The molecular weight excluding hydrogens is 302 g/mol. The molecule has 1 N–H and O–H groups in total. The van der Waals surface area contributed by atoms with Crippen LogP contribution in [0.1, 0.15) is 18.5 Å². The molecule has 0 bridgehead atoms. The number of hydrogen-bond donors (Lipinski definition) is 1. The molecule has 0 saturated heterocycles. The maximum Gasteiger partial charge on any atom is 0.129 e. The van der Waals surface area contributed by atoms with Gasteiger partial charge in [-0.1, -0.05) is 0 Å². The van der Waals surface area contributed by atoms with E-state index < -0.39 is 11.6 Å². The number of rotatable bonds is 3. The van der Waals surface area contributed by atoms with Crippen LogP contribution in [0.15, 0.2) is 41.1 Å². The van der Waals surface area contributed by atoms with Gasteiger partial charge in [-0.25, -0.2) is 13.8 Å². The van der Waals surface area contributed by atoms with Gasteiger partial charge in [0.05, 0.1) is 5.69 Å². The molecule has 2 rings (SSSR count). The number of hydrogen-bond acceptors (Lipinski definition) is 2. The van der Waals surface area contributed by atoms with Crippen LogP contribution >= 0.6 is 15.9 Å². The van der Waals surface area contributed by atoms with Crippen molar-refractivity contribution in [3.05, 3.63) is 58.3 Å². The molecule has 0 aliphatic carbocycles. The summed E-state index contributed by atoms with van der Waals surface area (Å²) >= 11 is 3.30. The molecule has 0 saturated carbocycles. The van der Waals surface area contributed by atoms with Crippen molar-refractivity contribution in [2.45, 2.75) is 13.0 Å². The summed E-state index contributed by atoms with van der Waals surface area (Å²) in [7, 11) is 0. The van der Waals surface area contributed by atoms with Gasteiger partial charge in [0.15, 0.2) is 0 Å². The fourth-order valence-corrected chi connectivity index (χ4v) is 2.00. The number of nitrogens with one attached hydrogen (secondary N) is 1. The highest BCUT2D eigenvalue weighted by molar-refractivity contribution is 9.10. The topological polar surface area (TPSA) is 24.9 Å². The van der Waals surface area contributed by atoms with Crippen LogP contribution in [0.25, 0.3) is 0 Å². The van der Waals surface area contributed by atoms with Crippen molar-refractivity contribution in [3.63, 3.8) is 0 Å². The zero-order valence-electron chi connectivity index (χ0n) is 9.62. The van der Waals surface area contributed by atoms with Crippen molar-refractivity contribution in [1.29, 1.82) is 0 Å². The van der Waals surface area contributed by atoms with Crippen LogP contribution in [0.4, 0.5) is 14.5 Å². The lowest BCUT2D eigenvalue weighted by atomic mass is 10.1. The molecule has 1 heterocycles. The summed E-state index contributed by atoms with van der Waals surface area (Å²) in [5.74, 6) is -1.16. The number of benzene rings is 1. The standard InChI is InChI=1S/C13H11BrF2N2/c1-8(9-5-10(15)7-11(16)6-9)18-12-3-2-4-17-13(12)14/h2-8,18H,1H3. The van der Waals surface area contributed by atoms with Crippen molar-refractivity contribution < 1.29 is 8.78 Å². The van der Waals surface area contributed by atoms with E-state index in [-0.39, 0.29) is 6.04 Å². The van der Waals surface area contributed by atoms with E-state index >= 15 is 0 Å². The summed E-state index contributed by atoms with van der Waals surface area (Å²) in [5.41, 5.74) is 1.32. The monoisotopic (exact) mass is 312 g/mol. The minimum atomic E-state index is -0.580. The minimum absolute atomic E-state index is 0.226. The third-order valence-electron chi connectivity index (χ3n) is 2.52. The molecule has 18 heavy (non-hydrogen) atoms. The molecule has 94 valence electrons. The number of halogens is 3. The van der Waals surface area contributed by atoms with Crippen LogP contribution in [0, 0.1) is 11.6 Å². The average molecular weight is 313 g/mol. The molecule has 0 radical (unpaired) electrons. The SMILES string of the molecule is CC(Nc1cccnc1Br)c1cc(F)cc(F)c1. The molecule has 1 unspecified atom stereocenters. The van der Waals surface area contributed by atoms with Gasteiger partial charge in [0.1, 0.15) is 16.2 Å². The van der Waals surface area contributed by atoms with Crippen LogP contribution in [-0.4, -0.2) is 4.98 Å². The van der Waals surface area contributed by atoms with Gasteiger partial charge in [0.25, 0.3) is 0 Å². The number of nitrogens with zero attached hydrogens (tertiary/aromatic N) is 1. The van der Waals surface area contributed by atoms with Gasteiger partial charge in [-0.3, -0.25) is 0 Å². The Morgan fingerprint density at radius 2 is 1.89 bits per heavy atom. The van der Waals surface area contributed by atoms with Gasteiger partial charge in [-0.05, 0) is 52.7 Å². The maximum absolute atomic E-state index is 13.1. The van der Waals surface area contributed by atoms with Crippen molar-refractivity contribution in [2.24, 2.45) is 0 Å². The Labute approximate surface area is 112 Å². The molecule has 0 amide bonds. The molecule has 2 aromatic rings. The normalized spacial score (nSPS) is 12.2. The van der Waals surface area contributed by atoms with Crippen LogP contribution in [0.2, 0.25) is 0 Å². The highest BCUT2D eigenvalue weighted by atomic mass is 79.9. The van der Waals surface area contributed by atoms with Crippen molar-refractivity contribution in [1.82, 2.24) is 4.98 Å². The second-order valence-electron chi connectivity index (χ2n) is 3.91. The predicted octanol–water partition coefficient (Wildman–Crippen LogP) is 4.30. The zero-order valence-corrected chi connectivity index (χ0v) is 11.2. The van der Waals surface area contributed by atoms with Gasteiger partial charge in [0.2, 0.25) is 0 Å². The van der Waals surface area contributed by atoms with Gasteiger partial charge >= 0.3 is 0 Å². The summed E-state index contributed by atoms with van der Waals surface area (Å²) in [6, 6.07) is 6.87. The van der Waals surface area contributed by atoms with Crippen molar-refractivity contribution >= 4 is 21.6 Å². The van der Waals surface area contributed by atoms with Crippen LogP contribution in [-0.2, 0) is 0 Å². The lowest BCUT2D eigenvalue weighted by Gasteiger charge is -2.16. The minimum Gasteiger partial charge on any atom is -0.376 e. The molecule has 0 aliphatic rings. The highest BCUT2D eigenvalue weighted by Gasteiger charge is 2.10. The van der Waals surface area contributed by atoms with Crippen LogP contribution in [0.3, 0.4) is 0 Å². The van der Waals surface area contributed by atoms with Crippen molar-refractivity contribution in [2.75, 3.05) is 5.32 Å². The summed E-state index contributed by atoms with van der Waals surface area (Å²) in [5, 5.41) is 3.14. The van der Waals surface area contributed by atoms with Crippen LogP contribution < -0.4 is 5.32 Å². The first-order valence-corrected chi connectivity index (χ1v) is 6.18. The van der Waals surface area contributed by atoms with Gasteiger partial charge in [-0.2, -0.15) is 0 Å². The number of anilines is 1. The first-order valence-electron chi connectivity index (χ1n) is 5.39. The second-order valence-corrected chi connectivity index (χ2v) is 4.66. The molecule has 1 aromatic heterocycles. The summed E-state index contributed by atoms with van der Waals surface area (Å²) < 4.78 is 26.9. The van der Waals surface area contributed by atoms with Crippen LogP contribution in [0.5, 0.6) is 0 Å². The third kappa shape index (κ3) is 3.04.